The zero-order valence-corrected chi connectivity index (χ0v) is 11.2. The fraction of sp³-hybridized carbons (Fsp3) is 0.462. The van der Waals surface area contributed by atoms with Gasteiger partial charge in [-0.15, -0.1) is 11.3 Å². The topological polar surface area (TPSA) is 43.8 Å². The predicted octanol–water partition coefficient (Wildman–Crippen LogP) is 2.97. The van der Waals surface area contributed by atoms with Crippen LogP contribution < -0.4 is 5.73 Å². The summed E-state index contributed by atoms with van der Waals surface area (Å²) in [5, 5.41) is 3.38. The maximum absolute atomic E-state index is 5.93. The van der Waals surface area contributed by atoms with Crippen LogP contribution in [0.1, 0.15) is 42.7 Å². The molecule has 3 nitrogen and oxygen atoms in total. The highest BCUT2D eigenvalue weighted by Crippen LogP contribution is 2.16. The summed E-state index contributed by atoms with van der Waals surface area (Å²) in [5.41, 5.74) is 8.22. The number of nitrogens with zero attached hydrogens (tertiary/aromatic N) is 2. The molecule has 0 aromatic carbocycles. The molecule has 0 saturated carbocycles. The van der Waals surface area contributed by atoms with E-state index < -0.39 is 0 Å². The van der Waals surface area contributed by atoms with Gasteiger partial charge in [-0.2, -0.15) is 0 Å². The number of hydrogen-bond acceptors (Lipinski definition) is 3. The highest BCUT2D eigenvalue weighted by Gasteiger charge is 2.07. The van der Waals surface area contributed by atoms with E-state index in [-0.39, 0.29) is 6.04 Å². The molecule has 17 heavy (non-hydrogen) atoms. The second-order valence-corrected chi connectivity index (χ2v) is 5.27. The highest BCUT2D eigenvalue weighted by atomic mass is 32.1. The molecule has 0 aliphatic carbocycles. The number of aromatic nitrogens is 2. The van der Waals surface area contributed by atoms with E-state index in [1.54, 1.807) is 11.3 Å². The van der Waals surface area contributed by atoms with Gasteiger partial charge in [0.15, 0.2) is 0 Å². The third kappa shape index (κ3) is 2.96. The number of thiazole rings is 1. The van der Waals surface area contributed by atoms with Crippen LogP contribution in [0.4, 0.5) is 0 Å². The molecule has 0 fully saturated rings. The molecular formula is C13H19N3S. The second kappa shape index (κ2) is 5.47. The summed E-state index contributed by atoms with van der Waals surface area (Å²) in [6, 6.07) is 4.18. The van der Waals surface area contributed by atoms with Crippen LogP contribution in [0.3, 0.4) is 0 Å². The van der Waals surface area contributed by atoms with Crippen molar-refractivity contribution >= 4 is 11.3 Å². The smallest absolute Gasteiger partial charge is 0.0928 e. The fourth-order valence-corrected chi connectivity index (χ4v) is 2.80. The lowest BCUT2D eigenvalue weighted by Crippen LogP contribution is -2.12. The molecule has 2 N–H and O–H groups in total. The van der Waals surface area contributed by atoms with E-state index in [1.165, 1.54) is 5.01 Å². The van der Waals surface area contributed by atoms with Crippen LogP contribution in [-0.4, -0.2) is 9.55 Å². The molecule has 0 bridgehead atoms. The van der Waals surface area contributed by atoms with E-state index in [4.69, 9.17) is 5.73 Å². The standard InChI is InChI=1S/C13H19N3S/c1-3-5-13-15-11(9-17-13)8-16-7-4-6-12(16)10(2)14/h4,6-7,9-10H,3,5,8,14H2,1-2H3. The molecule has 0 radical (unpaired) electrons. The Morgan fingerprint density at radius 1 is 1.53 bits per heavy atom. The third-order valence-corrected chi connectivity index (χ3v) is 3.68. The van der Waals surface area contributed by atoms with Gasteiger partial charge in [-0.25, -0.2) is 4.98 Å². The fourth-order valence-electron chi connectivity index (χ4n) is 1.91. The lowest BCUT2D eigenvalue weighted by Gasteiger charge is -2.10. The maximum Gasteiger partial charge on any atom is 0.0928 e. The van der Waals surface area contributed by atoms with Crippen molar-refractivity contribution in [3.8, 4) is 0 Å². The van der Waals surface area contributed by atoms with Crippen LogP contribution in [0.15, 0.2) is 23.7 Å². The molecule has 2 heterocycles. The maximum atomic E-state index is 5.93. The van der Waals surface area contributed by atoms with Gasteiger partial charge in [0.2, 0.25) is 0 Å². The minimum absolute atomic E-state index is 0.0683. The Labute approximate surface area is 106 Å². The quantitative estimate of drug-likeness (QED) is 0.885. The molecular weight excluding hydrogens is 230 g/mol. The van der Waals surface area contributed by atoms with Gasteiger partial charge in [0.25, 0.3) is 0 Å². The molecule has 0 aliphatic rings. The van der Waals surface area contributed by atoms with Gasteiger partial charge < -0.3 is 10.3 Å². The second-order valence-electron chi connectivity index (χ2n) is 4.33. The largest absolute Gasteiger partial charge is 0.344 e. The number of aryl methyl sites for hydroxylation is 1. The van der Waals surface area contributed by atoms with Crippen LogP contribution >= 0.6 is 11.3 Å². The van der Waals surface area contributed by atoms with E-state index in [2.05, 4.69) is 34.1 Å². The molecule has 1 atom stereocenters. The SMILES string of the molecule is CCCc1nc(Cn2cccc2C(C)N)cs1. The number of hydrogen-bond donors (Lipinski definition) is 1. The molecule has 1 unspecified atom stereocenters. The lowest BCUT2D eigenvalue weighted by atomic mass is 10.2. The molecule has 0 amide bonds. The van der Waals surface area contributed by atoms with Crippen molar-refractivity contribution in [3.63, 3.8) is 0 Å². The van der Waals surface area contributed by atoms with E-state index in [9.17, 15) is 0 Å². The number of nitrogens with two attached hydrogens (primary N) is 1. The monoisotopic (exact) mass is 249 g/mol. The van der Waals surface area contributed by atoms with Crippen LogP contribution in [0.25, 0.3) is 0 Å². The van der Waals surface area contributed by atoms with Gasteiger partial charge in [0, 0.05) is 23.3 Å². The van der Waals surface area contributed by atoms with Gasteiger partial charge in [-0.05, 0) is 31.9 Å². The molecule has 2 aromatic rings. The van der Waals surface area contributed by atoms with E-state index >= 15 is 0 Å². The van der Waals surface area contributed by atoms with Gasteiger partial charge in [0.05, 0.1) is 17.2 Å². The van der Waals surface area contributed by atoms with Gasteiger partial charge in [0.1, 0.15) is 0 Å². The van der Waals surface area contributed by atoms with Crippen molar-refractivity contribution in [2.45, 2.75) is 39.3 Å². The van der Waals surface area contributed by atoms with Crippen LogP contribution in [-0.2, 0) is 13.0 Å². The minimum Gasteiger partial charge on any atom is -0.344 e. The Kier molecular flexibility index (Phi) is 3.97. The molecule has 4 heteroatoms. The Bertz CT molecular complexity index is 470. The Morgan fingerprint density at radius 3 is 3.06 bits per heavy atom. The molecule has 2 aromatic heterocycles. The normalized spacial score (nSPS) is 12.9. The van der Waals surface area contributed by atoms with Crippen molar-refractivity contribution in [1.82, 2.24) is 9.55 Å². The summed E-state index contributed by atoms with van der Waals surface area (Å²) in [7, 11) is 0. The average Bonchev–Trinajstić information content (AvgIpc) is 2.89. The van der Waals surface area contributed by atoms with E-state index in [1.807, 2.05) is 13.0 Å². The van der Waals surface area contributed by atoms with Crippen LogP contribution in [0.5, 0.6) is 0 Å². The first kappa shape index (κ1) is 12.3. The van der Waals surface area contributed by atoms with Gasteiger partial charge in [-0.1, -0.05) is 6.92 Å². The first-order valence-corrected chi connectivity index (χ1v) is 6.92. The average molecular weight is 249 g/mol. The van der Waals surface area contributed by atoms with Crippen LogP contribution in [0.2, 0.25) is 0 Å². The van der Waals surface area contributed by atoms with Crippen LogP contribution in [0, 0.1) is 0 Å². The molecule has 2 rings (SSSR count). The summed E-state index contributed by atoms with van der Waals surface area (Å²) < 4.78 is 2.18. The Hall–Kier alpha value is -1.13. The summed E-state index contributed by atoms with van der Waals surface area (Å²) in [4.78, 5) is 4.63. The summed E-state index contributed by atoms with van der Waals surface area (Å²) >= 11 is 1.75. The number of rotatable bonds is 5. The summed E-state index contributed by atoms with van der Waals surface area (Å²) in [5.74, 6) is 0. The van der Waals surface area contributed by atoms with Crippen molar-refractivity contribution in [3.05, 3.63) is 40.1 Å². The molecule has 0 spiro atoms. The molecule has 92 valence electrons. The Morgan fingerprint density at radius 2 is 2.35 bits per heavy atom. The molecule has 0 saturated heterocycles. The predicted molar refractivity (Wildman–Crippen MR) is 72.2 cm³/mol. The van der Waals surface area contributed by atoms with Crippen molar-refractivity contribution in [1.29, 1.82) is 0 Å². The Balaban J connectivity index is 2.11. The van der Waals surface area contributed by atoms with Gasteiger partial charge in [-0.3, -0.25) is 0 Å². The van der Waals surface area contributed by atoms with E-state index in [0.717, 1.165) is 30.8 Å². The van der Waals surface area contributed by atoms with Crippen molar-refractivity contribution in [2.24, 2.45) is 5.73 Å². The van der Waals surface area contributed by atoms with Gasteiger partial charge >= 0.3 is 0 Å². The lowest BCUT2D eigenvalue weighted by molar-refractivity contribution is 0.667. The van der Waals surface area contributed by atoms with Crippen molar-refractivity contribution in [2.75, 3.05) is 0 Å². The zero-order chi connectivity index (χ0) is 12.3. The first-order chi connectivity index (χ1) is 8.20. The summed E-state index contributed by atoms with van der Waals surface area (Å²) in [6.45, 7) is 5.01. The summed E-state index contributed by atoms with van der Waals surface area (Å²) in [6.07, 6.45) is 4.30. The minimum atomic E-state index is 0.0683. The van der Waals surface area contributed by atoms with Crippen molar-refractivity contribution < 1.29 is 0 Å². The third-order valence-electron chi connectivity index (χ3n) is 2.73. The zero-order valence-electron chi connectivity index (χ0n) is 10.4. The first-order valence-electron chi connectivity index (χ1n) is 6.04. The highest BCUT2D eigenvalue weighted by molar-refractivity contribution is 7.09. The van der Waals surface area contributed by atoms with E-state index in [0.29, 0.717) is 0 Å². The molecule has 0 aliphatic heterocycles.